The van der Waals surface area contributed by atoms with Crippen LogP contribution in [0.1, 0.15) is 25.2 Å². The van der Waals surface area contributed by atoms with Crippen molar-refractivity contribution in [3.8, 4) is 0 Å². The summed E-state index contributed by atoms with van der Waals surface area (Å²) in [6.45, 7) is 7.68. The van der Waals surface area contributed by atoms with Crippen molar-refractivity contribution in [2.24, 2.45) is 0 Å². The third-order valence-corrected chi connectivity index (χ3v) is 4.41. The van der Waals surface area contributed by atoms with E-state index < -0.39 is 0 Å². The van der Waals surface area contributed by atoms with Gasteiger partial charge in [0.2, 0.25) is 11.9 Å². The normalized spacial score (nSPS) is 14.7. The van der Waals surface area contributed by atoms with Gasteiger partial charge in [-0.15, -0.1) is 5.10 Å². The molecule has 0 N–H and O–H groups in total. The van der Waals surface area contributed by atoms with E-state index in [1.165, 1.54) is 0 Å². The van der Waals surface area contributed by atoms with Crippen molar-refractivity contribution in [2.45, 2.75) is 26.7 Å². The van der Waals surface area contributed by atoms with Crippen LogP contribution >= 0.6 is 0 Å². The standard InChI is InChI=1S/C17H26N8/c1-5-13-14(6-2)21-22-17(19-13)25-11-9-24(10-12-25)15-7-8-18-16(20-15)23(3)4/h7-8H,5-6,9-12H2,1-4H3. The minimum atomic E-state index is 0.732. The Morgan fingerprint density at radius 1 is 0.920 bits per heavy atom. The second-order valence-corrected chi connectivity index (χ2v) is 6.30. The van der Waals surface area contributed by atoms with E-state index in [-0.39, 0.29) is 0 Å². The van der Waals surface area contributed by atoms with Crippen LogP contribution in [0.15, 0.2) is 12.3 Å². The van der Waals surface area contributed by atoms with Crippen LogP contribution in [0, 0.1) is 0 Å². The number of aromatic nitrogens is 5. The van der Waals surface area contributed by atoms with Gasteiger partial charge in [-0.3, -0.25) is 0 Å². The molecule has 1 fully saturated rings. The molecule has 1 aliphatic rings. The maximum absolute atomic E-state index is 4.72. The van der Waals surface area contributed by atoms with Crippen LogP contribution in [0.4, 0.5) is 17.7 Å². The predicted octanol–water partition coefficient (Wildman–Crippen LogP) is 1.18. The Kier molecular flexibility index (Phi) is 5.25. The lowest BCUT2D eigenvalue weighted by Crippen LogP contribution is -2.47. The fourth-order valence-corrected chi connectivity index (χ4v) is 2.93. The first kappa shape index (κ1) is 17.3. The van der Waals surface area contributed by atoms with Crippen molar-refractivity contribution in [1.82, 2.24) is 25.1 Å². The van der Waals surface area contributed by atoms with E-state index in [2.05, 4.69) is 43.8 Å². The largest absolute Gasteiger partial charge is 0.353 e. The van der Waals surface area contributed by atoms with Gasteiger partial charge >= 0.3 is 0 Å². The maximum Gasteiger partial charge on any atom is 0.245 e. The summed E-state index contributed by atoms with van der Waals surface area (Å²) in [6, 6.07) is 1.96. The number of hydrogen-bond acceptors (Lipinski definition) is 8. The van der Waals surface area contributed by atoms with Gasteiger partial charge in [0.15, 0.2) is 0 Å². The lowest BCUT2D eigenvalue weighted by molar-refractivity contribution is 0.624. The zero-order valence-corrected chi connectivity index (χ0v) is 15.5. The van der Waals surface area contributed by atoms with E-state index in [0.717, 1.165) is 68.1 Å². The van der Waals surface area contributed by atoms with Crippen molar-refractivity contribution in [3.63, 3.8) is 0 Å². The minimum absolute atomic E-state index is 0.732. The molecular weight excluding hydrogens is 316 g/mol. The molecule has 2 aromatic rings. The first-order valence-electron chi connectivity index (χ1n) is 8.85. The molecule has 2 aromatic heterocycles. The number of hydrogen-bond donors (Lipinski definition) is 0. The summed E-state index contributed by atoms with van der Waals surface area (Å²) in [5.74, 6) is 2.44. The van der Waals surface area contributed by atoms with Crippen molar-refractivity contribution in [2.75, 3.05) is 55.0 Å². The minimum Gasteiger partial charge on any atom is -0.353 e. The number of rotatable bonds is 5. The second-order valence-electron chi connectivity index (χ2n) is 6.30. The highest BCUT2D eigenvalue weighted by molar-refractivity contribution is 5.45. The quantitative estimate of drug-likeness (QED) is 0.802. The molecule has 0 spiro atoms. The highest BCUT2D eigenvalue weighted by Crippen LogP contribution is 2.18. The zero-order chi connectivity index (χ0) is 17.8. The Labute approximate surface area is 148 Å². The monoisotopic (exact) mass is 342 g/mol. The highest BCUT2D eigenvalue weighted by atomic mass is 15.4. The van der Waals surface area contributed by atoms with Gasteiger partial charge in [-0.1, -0.05) is 13.8 Å². The van der Waals surface area contributed by atoms with Crippen molar-refractivity contribution < 1.29 is 0 Å². The van der Waals surface area contributed by atoms with Gasteiger partial charge in [0.25, 0.3) is 0 Å². The Morgan fingerprint density at radius 2 is 1.60 bits per heavy atom. The number of aryl methyl sites for hydroxylation is 2. The summed E-state index contributed by atoms with van der Waals surface area (Å²) < 4.78 is 0. The van der Waals surface area contributed by atoms with E-state index in [1.54, 1.807) is 0 Å². The van der Waals surface area contributed by atoms with Gasteiger partial charge in [0.1, 0.15) is 5.82 Å². The summed E-state index contributed by atoms with van der Waals surface area (Å²) in [4.78, 5) is 20.0. The Balaban J connectivity index is 1.69. The van der Waals surface area contributed by atoms with Gasteiger partial charge in [-0.05, 0) is 18.9 Å². The Morgan fingerprint density at radius 3 is 2.24 bits per heavy atom. The van der Waals surface area contributed by atoms with E-state index in [4.69, 9.17) is 4.98 Å². The molecule has 0 radical (unpaired) electrons. The molecule has 0 bridgehead atoms. The molecule has 25 heavy (non-hydrogen) atoms. The summed E-state index contributed by atoms with van der Waals surface area (Å²) in [5.41, 5.74) is 2.06. The van der Waals surface area contributed by atoms with E-state index >= 15 is 0 Å². The van der Waals surface area contributed by atoms with Crippen LogP contribution in [0.25, 0.3) is 0 Å². The number of anilines is 3. The van der Waals surface area contributed by atoms with Crippen molar-refractivity contribution >= 4 is 17.7 Å². The molecule has 0 aliphatic carbocycles. The first-order chi connectivity index (χ1) is 12.1. The maximum atomic E-state index is 4.72. The lowest BCUT2D eigenvalue weighted by atomic mass is 10.2. The molecule has 0 atom stereocenters. The van der Waals surface area contributed by atoms with E-state index in [0.29, 0.717) is 0 Å². The third-order valence-electron chi connectivity index (χ3n) is 4.41. The fraction of sp³-hybridized carbons (Fsp3) is 0.588. The van der Waals surface area contributed by atoms with Crippen LogP contribution in [0.3, 0.4) is 0 Å². The van der Waals surface area contributed by atoms with Crippen LogP contribution in [0.2, 0.25) is 0 Å². The van der Waals surface area contributed by atoms with Gasteiger partial charge in [0.05, 0.1) is 11.4 Å². The molecule has 0 unspecified atom stereocenters. The van der Waals surface area contributed by atoms with Crippen LogP contribution in [-0.2, 0) is 12.8 Å². The van der Waals surface area contributed by atoms with Crippen molar-refractivity contribution in [1.29, 1.82) is 0 Å². The van der Waals surface area contributed by atoms with Gasteiger partial charge in [-0.25, -0.2) is 9.97 Å². The molecule has 0 saturated carbocycles. The summed E-state index contributed by atoms with van der Waals surface area (Å²) in [7, 11) is 3.90. The molecular formula is C17H26N8. The molecule has 1 saturated heterocycles. The molecule has 8 heteroatoms. The lowest BCUT2D eigenvalue weighted by Gasteiger charge is -2.35. The highest BCUT2D eigenvalue weighted by Gasteiger charge is 2.21. The average Bonchev–Trinajstić information content (AvgIpc) is 2.67. The molecule has 0 amide bonds. The Hall–Kier alpha value is -2.51. The second kappa shape index (κ2) is 7.58. The molecule has 134 valence electrons. The SMILES string of the molecule is CCc1nnc(N2CCN(c3ccnc(N(C)C)n3)CC2)nc1CC. The molecule has 0 aromatic carbocycles. The Bertz CT molecular complexity index is 710. The summed E-state index contributed by atoms with van der Waals surface area (Å²) in [6.07, 6.45) is 3.58. The van der Waals surface area contributed by atoms with Crippen molar-refractivity contribution in [3.05, 3.63) is 23.7 Å². The summed E-state index contributed by atoms with van der Waals surface area (Å²) in [5, 5.41) is 8.69. The topological polar surface area (TPSA) is 74.2 Å². The third kappa shape index (κ3) is 3.78. The molecule has 3 rings (SSSR count). The summed E-state index contributed by atoms with van der Waals surface area (Å²) >= 11 is 0. The van der Waals surface area contributed by atoms with Gasteiger partial charge in [0, 0.05) is 46.5 Å². The molecule has 8 nitrogen and oxygen atoms in total. The first-order valence-corrected chi connectivity index (χ1v) is 8.85. The number of piperazine rings is 1. The zero-order valence-electron chi connectivity index (χ0n) is 15.5. The molecule has 3 heterocycles. The van der Waals surface area contributed by atoms with Gasteiger partial charge < -0.3 is 14.7 Å². The van der Waals surface area contributed by atoms with Crippen LogP contribution in [0.5, 0.6) is 0 Å². The fourth-order valence-electron chi connectivity index (χ4n) is 2.93. The number of nitrogens with zero attached hydrogens (tertiary/aromatic N) is 8. The van der Waals surface area contributed by atoms with E-state index in [9.17, 15) is 0 Å². The van der Waals surface area contributed by atoms with Crippen LogP contribution in [-0.4, -0.2) is 65.4 Å². The predicted molar refractivity (Wildman–Crippen MR) is 99.4 cm³/mol. The molecule has 1 aliphatic heterocycles. The van der Waals surface area contributed by atoms with Gasteiger partial charge in [-0.2, -0.15) is 10.1 Å². The van der Waals surface area contributed by atoms with Crippen LogP contribution < -0.4 is 14.7 Å². The average molecular weight is 342 g/mol. The smallest absolute Gasteiger partial charge is 0.245 e. The van der Waals surface area contributed by atoms with E-state index in [1.807, 2.05) is 31.3 Å².